The summed E-state index contributed by atoms with van der Waals surface area (Å²) in [6.45, 7) is 0. The molecule has 0 saturated carbocycles. The Kier molecular flexibility index (Phi) is 1.69. The number of hydrogen-bond donors (Lipinski definition) is 0. The third-order valence-corrected chi connectivity index (χ3v) is 1.02. The van der Waals surface area contributed by atoms with Crippen molar-refractivity contribution in [2.45, 2.75) is 0 Å². The lowest BCUT2D eigenvalue weighted by Gasteiger charge is -1.91. The van der Waals surface area contributed by atoms with Gasteiger partial charge >= 0.3 is 11.8 Å². The molecule has 12 heavy (non-hydrogen) atoms. The first kappa shape index (κ1) is 8.04. The van der Waals surface area contributed by atoms with Gasteiger partial charge in [-0.25, -0.2) is 0 Å². The Hall–Kier alpha value is -2.06. The third-order valence-electron chi connectivity index (χ3n) is 1.02. The first-order valence-electron chi connectivity index (χ1n) is 2.56. The van der Waals surface area contributed by atoms with Gasteiger partial charge in [-0.1, -0.05) is 4.98 Å². The molecule has 1 aromatic rings. The van der Waals surface area contributed by atoms with E-state index in [2.05, 4.69) is 4.98 Å². The molecule has 0 saturated heterocycles. The van der Waals surface area contributed by atoms with Gasteiger partial charge < -0.3 is 20.2 Å². The fraction of sp³-hybridized carbons (Fsp3) is 0. The predicted octanol–water partition coefficient (Wildman–Crippen LogP) is 0.432. The molecular formula is C3HFN4O4. The third kappa shape index (κ3) is 1.07. The van der Waals surface area contributed by atoms with Crippen molar-refractivity contribution in [2.24, 2.45) is 0 Å². The molecule has 0 bridgehead atoms. The maximum Gasteiger partial charge on any atom is 0.471 e. The highest BCUT2D eigenvalue weighted by Crippen LogP contribution is 2.18. The lowest BCUT2D eigenvalue weighted by molar-refractivity contribution is -0.412. The van der Waals surface area contributed by atoms with Gasteiger partial charge in [-0.2, -0.15) is 0 Å². The maximum atomic E-state index is 12.5. The first-order valence-corrected chi connectivity index (χ1v) is 2.56. The molecule has 0 atom stereocenters. The molecule has 9 heteroatoms. The molecule has 0 aliphatic heterocycles. The highest BCUT2D eigenvalue weighted by molar-refractivity contribution is 5.23. The Morgan fingerprint density at radius 1 is 1.42 bits per heavy atom. The molecule has 0 aliphatic rings. The highest BCUT2D eigenvalue weighted by atomic mass is 19.2. The van der Waals surface area contributed by atoms with Crippen LogP contribution in [0.25, 0.3) is 0 Å². The minimum Gasteiger partial charge on any atom is -0.390 e. The van der Waals surface area contributed by atoms with E-state index in [0.717, 1.165) is 0 Å². The Balaban J connectivity index is 3.22. The van der Waals surface area contributed by atoms with Gasteiger partial charge in [0.2, 0.25) is 0 Å². The molecule has 0 aliphatic carbocycles. The zero-order chi connectivity index (χ0) is 9.30. The van der Waals surface area contributed by atoms with E-state index in [9.17, 15) is 24.7 Å². The number of nitrogens with zero attached hydrogens (tertiary/aromatic N) is 4. The lowest BCUT2D eigenvalue weighted by Crippen LogP contribution is -1.98. The fourth-order valence-electron chi connectivity index (χ4n) is 0.557. The van der Waals surface area contributed by atoms with Crippen molar-refractivity contribution in [3.63, 3.8) is 0 Å². The van der Waals surface area contributed by atoms with E-state index in [1.54, 1.807) is 0 Å². The van der Waals surface area contributed by atoms with Crippen LogP contribution in [0, 0.1) is 20.2 Å². The van der Waals surface area contributed by atoms with Crippen LogP contribution in [0.5, 0.6) is 0 Å². The van der Waals surface area contributed by atoms with E-state index in [1.165, 1.54) is 0 Å². The number of halogens is 1. The summed E-state index contributed by atoms with van der Waals surface area (Å²) in [7, 11) is 0. The van der Waals surface area contributed by atoms with Gasteiger partial charge in [-0.15, -0.1) is 0 Å². The lowest BCUT2D eigenvalue weighted by atomic mass is 10.8. The minimum atomic E-state index is -1.21. The molecule has 0 aromatic carbocycles. The minimum absolute atomic E-state index is 0.470. The summed E-state index contributed by atoms with van der Waals surface area (Å²) < 4.78 is 12.5. The summed E-state index contributed by atoms with van der Waals surface area (Å²) in [5.41, 5.74) is 0. The van der Waals surface area contributed by atoms with Gasteiger partial charge in [0.05, 0.1) is 0 Å². The SMILES string of the molecule is O=[N+]([O-])c1cnc([N+](=O)[O-])n1F. The summed E-state index contributed by atoms with van der Waals surface area (Å²) in [5.74, 6) is -2.27. The van der Waals surface area contributed by atoms with Gasteiger partial charge in [-0.05, 0) is 14.3 Å². The zero-order valence-corrected chi connectivity index (χ0v) is 5.38. The van der Waals surface area contributed by atoms with Crippen LogP contribution < -0.4 is 0 Å². The molecule has 64 valence electrons. The summed E-state index contributed by atoms with van der Waals surface area (Å²) in [5, 5.41) is 19.9. The summed E-state index contributed by atoms with van der Waals surface area (Å²) in [6, 6.07) is 0. The average molecular weight is 176 g/mol. The molecule has 0 spiro atoms. The predicted molar refractivity (Wildman–Crippen MR) is 32.0 cm³/mol. The van der Waals surface area contributed by atoms with Gasteiger partial charge in [0.15, 0.2) is 6.20 Å². The molecule has 1 aromatic heterocycles. The van der Waals surface area contributed by atoms with Crippen LogP contribution >= 0.6 is 0 Å². The number of aromatic nitrogens is 2. The van der Waals surface area contributed by atoms with Gasteiger partial charge in [0.25, 0.3) is 0 Å². The number of rotatable bonds is 2. The first-order chi connectivity index (χ1) is 5.54. The van der Waals surface area contributed by atoms with Crippen molar-refractivity contribution in [3.05, 3.63) is 26.4 Å². The second-order valence-electron chi connectivity index (χ2n) is 1.71. The Morgan fingerprint density at radius 2 is 2.00 bits per heavy atom. The highest BCUT2D eigenvalue weighted by Gasteiger charge is 2.25. The van der Waals surface area contributed by atoms with Gasteiger partial charge in [0, 0.05) is 4.79 Å². The molecule has 0 fully saturated rings. The smallest absolute Gasteiger partial charge is 0.390 e. The quantitative estimate of drug-likeness (QED) is 0.480. The van der Waals surface area contributed by atoms with Crippen LogP contribution in [0.4, 0.5) is 16.2 Å². The molecule has 0 amide bonds. The van der Waals surface area contributed by atoms with Crippen LogP contribution in [0.3, 0.4) is 0 Å². The van der Waals surface area contributed by atoms with Crippen molar-refractivity contribution in [3.8, 4) is 0 Å². The Morgan fingerprint density at radius 3 is 2.25 bits per heavy atom. The average Bonchev–Trinajstić information content (AvgIpc) is 2.30. The largest absolute Gasteiger partial charge is 0.471 e. The molecule has 1 rings (SSSR count). The van der Waals surface area contributed by atoms with Crippen molar-refractivity contribution >= 4 is 11.8 Å². The van der Waals surface area contributed by atoms with E-state index in [1.807, 2.05) is 0 Å². The van der Waals surface area contributed by atoms with E-state index in [0.29, 0.717) is 6.20 Å². The van der Waals surface area contributed by atoms with Crippen LogP contribution in [0.1, 0.15) is 0 Å². The van der Waals surface area contributed by atoms with Crippen molar-refractivity contribution in [1.82, 2.24) is 9.77 Å². The van der Waals surface area contributed by atoms with Crippen LogP contribution in [-0.4, -0.2) is 19.6 Å². The molecule has 1 heterocycles. The second kappa shape index (κ2) is 2.53. The van der Waals surface area contributed by atoms with Crippen molar-refractivity contribution < 1.29 is 14.3 Å². The topological polar surface area (TPSA) is 104 Å². The maximum absolute atomic E-state index is 12.5. The molecular weight excluding hydrogens is 175 g/mol. The zero-order valence-electron chi connectivity index (χ0n) is 5.38. The monoisotopic (exact) mass is 176 g/mol. The number of imidazole rings is 1. The van der Waals surface area contributed by atoms with E-state index in [4.69, 9.17) is 0 Å². The Bertz CT molecular complexity index is 315. The molecule has 0 unspecified atom stereocenters. The standard InChI is InChI=1S/C3HFN4O4/c4-6-2(7(9)10)1-5-3(6)8(11)12/h1H. The second-order valence-corrected chi connectivity index (χ2v) is 1.71. The van der Waals surface area contributed by atoms with Gasteiger partial charge in [0.1, 0.15) is 0 Å². The van der Waals surface area contributed by atoms with Crippen LogP contribution in [0.2, 0.25) is 0 Å². The van der Waals surface area contributed by atoms with Crippen LogP contribution in [-0.2, 0) is 0 Å². The summed E-state index contributed by atoms with van der Waals surface area (Å²) >= 11 is 0. The molecule has 0 N–H and O–H groups in total. The van der Waals surface area contributed by atoms with Crippen molar-refractivity contribution in [1.29, 1.82) is 0 Å². The molecule has 8 nitrogen and oxygen atoms in total. The fourth-order valence-corrected chi connectivity index (χ4v) is 0.557. The van der Waals surface area contributed by atoms with E-state index < -0.39 is 26.4 Å². The normalized spacial score (nSPS) is 9.75. The number of hydrogen-bond acceptors (Lipinski definition) is 5. The summed E-state index contributed by atoms with van der Waals surface area (Å²) in [6.07, 6.45) is 0.470. The Labute approximate surface area is 63.5 Å². The van der Waals surface area contributed by atoms with Crippen LogP contribution in [0.15, 0.2) is 6.20 Å². The van der Waals surface area contributed by atoms with E-state index in [-0.39, 0.29) is 0 Å². The van der Waals surface area contributed by atoms with E-state index >= 15 is 0 Å². The number of nitro groups is 2. The molecule has 0 radical (unpaired) electrons. The summed E-state index contributed by atoms with van der Waals surface area (Å²) in [4.78, 5) is 19.8. The van der Waals surface area contributed by atoms with Gasteiger partial charge in [-0.3, -0.25) is 0 Å². The van der Waals surface area contributed by atoms with Crippen molar-refractivity contribution in [2.75, 3.05) is 0 Å².